The van der Waals surface area contributed by atoms with Crippen LogP contribution in [0.3, 0.4) is 0 Å². The molecule has 1 aliphatic heterocycles. The summed E-state index contributed by atoms with van der Waals surface area (Å²) in [7, 11) is 0. The summed E-state index contributed by atoms with van der Waals surface area (Å²) in [6.07, 6.45) is 3.05. The van der Waals surface area contributed by atoms with Gasteiger partial charge in [0.15, 0.2) is 0 Å². The Bertz CT molecular complexity index is 479. The zero-order chi connectivity index (χ0) is 14.4. The van der Waals surface area contributed by atoms with Crippen molar-refractivity contribution in [3.05, 3.63) is 36.9 Å². The summed E-state index contributed by atoms with van der Waals surface area (Å²) in [5.74, 6) is 0.717. The van der Waals surface area contributed by atoms with Gasteiger partial charge in [0.25, 0.3) is 5.91 Å². The molecule has 1 heterocycles. The molecule has 0 bridgehead atoms. The van der Waals surface area contributed by atoms with Crippen LogP contribution in [0, 0.1) is 0 Å². The second kappa shape index (κ2) is 7.47. The van der Waals surface area contributed by atoms with Crippen molar-refractivity contribution in [2.24, 2.45) is 5.73 Å². The normalized spacial score (nSPS) is 21.6. The Morgan fingerprint density at radius 1 is 1.50 bits per heavy atom. The van der Waals surface area contributed by atoms with Crippen LogP contribution in [0.4, 0.5) is 5.69 Å². The van der Waals surface area contributed by atoms with E-state index in [-0.39, 0.29) is 18.1 Å². The Hall–Kier alpha value is -1.30. The number of para-hydroxylation sites is 1. The van der Waals surface area contributed by atoms with Crippen molar-refractivity contribution in [3.8, 4) is 0 Å². The molecule has 2 unspecified atom stereocenters. The molecule has 1 saturated heterocycles. The molecule has 5 heteroatoms. The third kappa shape index (κ3) is 3.85. The molecule has 20 heavy (non-hydrogen) atoms. The molecule has 2 rings (SSSR count). The number of carbonyl (C=O) groups excluding carboxylic acids is 1. The van der Waals surface area contributed by atoms with Crippen LogP contribution in [0.25, 0.3) is 0 Å². The molecule has 0 aliphatic carbocycles. The fraction of sp³-hybridized carbons (Fsp3) is 0.400. The largest absolute Gasteiger partial charge is 0.364 e. The summed E-state index contributed by atoms with van der Waals surface area (Å²) in [4.78, 5) is 13.2. The average molecular weight is 292 g/mol. The highest BCUT2D eigenvalue weighted by atomic mass is 32.2. The van der Waals surface area contributed by atoms with Crippen LogP contribution < -0.4 is 11.1 Å². The molecule has 108 valence electrons. The predicted molar refractivity (Wildman–Crippen MR) is 82.9 cm³/mol. The van der Waals surface area contributed by atoms with Gasteiger partial charge in [-0.2, -0.15) is 0 Å². The van der Waals surface area contributed by atoms with E-state index in [1.165, 1.54) is 0 Å². The van der Waals surface area contributed by atoms with Crippen molar-refractivity contribution in [2.45, 2.75) is 29.9 Å². The number of nitrogens with one attached hydrogen (secondary N) is 1. The molecule has 1 fully saturated rings. The molecule has 3 N–H and O–H groups in total. The number of rotatable bonds is 6. The molecule has 0 radical (unpaired) electrons. The predicted octanol–water partition coefficient (Wildman–Crippen LogP) is 2.41. The summed E-state index contributed by atoms with van der Waals surface area (Å²) < 4.78 is 5.61. The van der Waals surface area contributed by atoms with Gasteiger partial charge in [-0.05, 0) is 25.0 Å². The first-order valence-corrected chi connectivity index (χ1v) is 7.72. The molecular weight excluding hydrogens is 272 g/mol. The second-order valence-electron chi connectivity index (χ2n) is 4.64. The monoisotopic (exact) mass is 292 g/mol. The van der Waals surface area contributed by atoms with Gasteiger partial charge in [-0.25, -0.2) is 0 Å². The van der Waals surface area contributed by atoms with E-state index in [0.29, 0.717) is 6.54 Å². The standard InChI is InChI=1S/C15H20N2O2S/c1-2-9-20-14-6-4-3-5-12(14)17-15(18)13-8-7-11(10-16)19-13/h2-6,11,13H,1,7-10,16H2,(H,17,18). The lowest BCUT2D eigenvalue weighted by atomic mass is 10.2. The minimum absolute atomic E-state index is 0.0103. The van der Waals surface area contributed by atoms with Crippen molar-refractivity contribution in [1.82, 2.24) is 0 Å². The molecule has 0 saturated carbocycles. The van der Waals surface area contributed by atoms with Gasteiger partial charge in [-0.1, -0.05) is 18.2 Å². The third-order valence-corrected chi connectivity index (χ3v) is 4.23. The van der Waals surface area contributed by atoms with Crippen molar-refractivity contribution < 1.29 is 9.53 Å². The highest BCUT2D eigenvalue weighted by molar-refractivity contribution is 7.99. The second-order valence-corrected chi connectivity index (χ2v) is 5.71. The number of anilines is 1. The summed E-state index contributed by atoms with van der Waals surface area (Å²) in [5, 5.41) is 2.95. The topological polar surface area (TPSA) is 64.4 Å². The maximum atomic E-state index is 12.2. The number of hydrogen-bond donors (Lipinski definition) is 2. The van der Waals surface area contributed by atoms with Gasteiger partial charge in [0, 0.05) is 17.2 Å². The number of benzene rings is 1. The highest BCUT2D eigenvalue weighted by Crippen LogP contribution is 2.28. The minimum atomic E-state index is -0.388. The van der Waals surface area contributed by atoms with Crippen LogP contribution in [-0.4, -0.2) is 30.4 Å². The lowest BCUT2D eigenvalue weighted by Gasteiger charge is -2.14. The van der Waals surface area contributed by atoms with E-state index in [0.717, 1.165) is 29.2 Å². The number of thioether (sulfide) groups is 1. The minimum Gasteiger partial charge on any atom is -0.364 e. The summed E-state index contributed by atoms with van der Waals surface area (Å²) in [5.41, 5.74) is 6.38. The van der Waals surface area contributed by atoms with Gasteiger partial charge in [0.05, 0.1) is 11.8 Å². The lowest BCUT2D eigenvalue weighted by Crippen LogP contribution is -2.29. The fourth-order valence-corrected chi connectivity index (χ4v) is 2.88. The maximum Gasteiger partial charge on any atom is 0.253 e. The zero-order valence-corrected chi connectivity index (χ0v) is 12.2. The van der Waals surface area contributed by atoms with E-state index in [1.54, 1.807) is 11.8 Å². The summed E-state index contributed by atoms with van der Waals surface area (Å²) in [6, 6.07) is 7.75. The number of nitrogens with two attached hydrogens (primary N) is 1. The average Bonchev–Trinajstić information content (AvgIpc) is 2.95. The smallest absolute Gasteiger partial charge is 0.253 e. The number of hydrogen-bond acceptors (Lipinski definition) is 4. The van der Waals surface area contributed by atoms with Crippen LogP contribution in [0.2, 0.25) is 0 Å². The van der Waals surface area contributed by atoms with E-state index in [4.69, 9.17) is 10.5 Å². The molecule has 0 aromatic heterocycles. The van der Waals surface area contributed by atoms with Crippen molar-refractivity contribution in [1.29, 1.82) is 0 Å². The Kier molecular flexibility index (Phi) is 5.64. The third-order valence-electron chi connectivity index (χ3n) is 3.16. The fourth-order valence-electron chi connectivity index (χ4n) is 2.13. The first-order chi connectivity index (χ1) is 9.74. The first kappa shape index (κ1) is 15.1. The van der Waals surface area contributed by atoms with Crippen molar-refractivity contribution in [3.63, 3.8) is 0 Å². The number of amides is 1. The van der Waals surface area contributed by atoms with Gasteiger partial charge in [0.1, 0.15) is 6.10 Å². The zero-order valence-electron chi connectivity index (χ0n) is 11.4. The van der Waals surface area contributed by atoms with E-state index in [1.807, 2.05) is 30.3 Å². The molecule has 1 amide bonds. The van der Waals surface area contributed by atoms with Gasteiger partial charge >= 0.3 is 0 Å². The molecule has 0 spiro atoms. The number of ether oxygens (including phenoxy) is 1. The van der Waals surface area contributed by atoms with Crippen LogP contribution >= 0.6 is 11.8 Å². The van der Waals surface area contributed by atoms with E-state index >= 15 is 0 Å². The van der Waals surface area contributed by atoms with Gasteiger partial charge in [-0.3, -0.25) is 4.79 Å². The SMILES string of the molecule is C=CCSc1ccccc1NC(=O)C1CCC(CN)O1. The van der Waals surface area contributed by atoms with Gasteiger partial charge in [0.2, 0.25) is 0 Å². The summed E-state index contributed by atoms with van der Waals surface area (Å²) in [6.45, 7) is 4.17. The molecular formula is C15H20N2O2S. The number of carbonyl (C=O) groups is 1. The van der Waals surface area contributed by atoms with E-state index in [9.17, 15) is 4.79 Å². The molecule has 1 aromatic rings. The highest BCUT2D eigenvalue weighted by Gasteiger charge is 2.30. The van der Waals surface area contributed by atoms with Crippen LogP contribution in [0.5, 0.6) is 0 Å². The Morgan fingerprint density at radius 3 is 3.00 bits per heavy atom. The van der Waals surface area contributed by atoms with Crippen LogP contribution in [0.15, 0.2) is 41.8 Å². The Labute approximate surface area is 123 Å². The molecule has 2 atom stereocenters. The van der Waals surface area contributed by atoms with Gasteiger partial charge in [-0.15, -0.1) is 18.3 Å². The molecule has 1 aromatic carbocycles. The maximum absolute atomic E-state index is 12.2. The Morgan fingerprint density at radius 2 is 2.30 bits per heavy atom. The van der Waals surface area contributed by atoms with E-state index < -0.39 is 0 Å². The van der Waals surface area contributed by atoms with Crippen molar-refractivity contribution in [2.75, 3.05) is 17.6 Å². The van der Waals surface area contributed by atoms with Crippen LogP contribution in [-0.2, 0) is 9.53 Å². The summed E-state index contributed by atoms with van der Waals surface area (Å²) >= 11 is 1.64. The Balaban J connectivity index is 1.99. The van der Waals surface area contributed by atoms with Gasteiger partial charge < -0.3 is 15.8 Å². The first-order valence-electron chi connectivity index (χ1n) is 6.73. The van der Waals surface area contributed by atoms with E-state index in [2.05, 4.69) is 11.9 Å². The molecule has 1 aliphatic rings. The lowest BCUT2D eigenvalue weighted by molar-refractivity contribution is -0.126. The molecule has 4 nitrogen and oxygen atoms in total. The quantitative estimate of drug-likeness (QED) is 0.624. The van der Waals surface area contributed by atoms with Crippen molar-refractivity contribution >= 4 is 23.4 Å². The van der Waals surface area contributed by atoms with Crippen LogP contribution in [0.1, 0.15) is 12.8 Å².